The fraction of sp³-hybridized carbons (Fsp3) is 0.0833. The fourth-order valence-corrected chi connectivity index (χ4v) is 3.84. The number of aryl methyl sites for hydroxylation is 1. The molecule has 0 aliphatic heterocycles. The third-order valence-corrected chi connectivity index (χ3v) is 5.36. The van der Waals surface area contributed by atoms with Crippen LogP contribution in [0.5, 0.6) is 0 Å². The number of nitrogens with one attached hydrogen (secondary N) is 1. The lowest BCUT2D eigenvalue weighted by Gasteiger charge is -2.13. The van der Waals surface area contributed by atoms with Gasteiger partial charge in [-0.05, 0) is 48.4 Å². The van der Waals surface area contributed by atoms with Crippen LogP contribution in [0.3, 0.4) is 0 Å². The van der Waals surface area contributed by atoms with E-state index in [1.165, 1.54) is 0 Å². The Morgan fingerprint density at radius 1 is 0.966 bits per heavy atom. The van der Waals surface area contributed by atoms with E-state index >= 15 is 0 Å². The van der Waals surface area contributed by atoms with Gasteiger partial charge in [-0.15, -0.1) is 0 Å². The van der Waals surface area contributed by atoms with Crippen molar-refractivity contribution in [3.8, 4) is 11.3 Å². The average Bonchev–Trinajstić information content (AvgIpc) is 2.73. The first kappa shape index (κ1) is 19.4. The van der Waals surface area contributed by atoms with E-state index in [2.05, 4.69) is 12.2 Å². The summed E-state index contributed by atoms with van der Waals surface area (Å²) in [6.07, 6.45) is 0.833. The number of nitrogens with zero attached hydrogens (tertiary/aromatic N) is 1. The summed E-state index contributed by atoms with van der Waals surface area (Å²) in [5.74, 6) is -0.184. The van der Waals surface area contributed by atoms with Gasteiger partial charge in [-0.1, -0.05) is 66.5 Å². The standard InChI is InChI=1S/C24H18Cl2N2O/c1-2-15-7-3-5-9-21(15)28-24(29)19-14-23(18-12-11-16(25)13-20(18)26)27-22-10-6-4-8-17(19)22/h3-14H,2H2,1H3,(H,28,29). The molecule has 4 aromatic rings. The van der Waals surface area contributed by atoms with Gasteiger partial charge in [-0.3, -0.25) is 4.79 Å². The Morgan fingerprint density at radius 3 is 2.52 bits per heavy atom. The van der Waals surface area contributed by atoms with Crippen LogP contribution < -0.4 is 5.32 Å². The van der Waals surface area contributed by atoms with Crippen LogP contribution in [0.4, 0.5) is 5.69 Å². The first-order valence-corrected chi connectivity index (χ1v) is 10.1. The number of aromatic nitrogens is 1. The van der Waals surface area contributed by atoms with Gasteiger partial charge in [-0.25, -0.2) is 4.98 Å². The van der Waals surface area contributed by atoms with E-state index in [4.69, 9.17) is 28.2 Å². The highest BCUT2D eigenvalue weighted by Crippen LogP contribution is 2.32. The highest BCUT2D eigenvalue weighted by atomic mass is 35.5. The predicted octanol–water partition coefficient (Wildman–Crippen LogP) is 7.02. The first-order chi connectivity index (χ1) is 14.1. The Labute approximate surface area is 179 Å². The van der Waals surface area contributed by atoms with Crippen molar-refractivity contribution in [2.45, 2.75) is 13.3 Å². The molecule has 0 aliphatic rings. The number of rotatable bonds is 4. The Hall–Kier alpha value is -2.88. The number of amides is 1. The van der Waals surface area contributed by atoms with Gasteiger partial charge in [0.25, 0.3) is 5.91 Å². The number of fused-ring (bicyclic) bond motifs is 1. The molecule has 1 amide bonds. The zero-order valence-electron chi connectivity index (χ0n) is 15.7. The highest BCUT2D eigenvalue weighted by molar-refractivity contribution is 6.36. The summed E-state index contributed by atoms with van der Waals surface area (Å²) in [5, 5.41) is 4.88. The molecular formula is C24H18Cl2N2O. The summed E-state index contributed by atoms with van der Waals surface area (Å²) in [6.45, 7) is 2.06. The summed E-state index contributed by atoms with van der Waals surface area (Å²) in [4.78, 5) is 17.9. The number of benzene rings is 3. The second kappa shape index (κ2) is 8.24. The second-order valence-corrected chi connectivity index (χ2v) is 7.50. The number of hydrogen-bond donors (Lipinski definition) is 1. The van der Waals surface area contributed by atoms with Crippen LogP contribution in [0.15, 0.2) is 72.8 Å². The molecule has 3 aromatic carbocycles. The van der Waals surface area contributed by atoms with Crippen molar-refractivity contribution in [1.29, 1.82) is 0 Å². The molecule has 0 unspecified atom stereocenters. The molecule has 0 saturated carbocycles. The number of anilines is 1. The topological polar surface area (TPSA) is 42.0 Å². The van der Waals surface area contributed by atoms with Gasteiger partial charge in [0.2, 0.25) is 0 Å². The quantitative estimate of drug-likeness (QED) is 0.385. The molecule has 144 valence electrons. The maximum atomic E-state index is 13.2. The van der Waals surface area contributed by atoms with Crippen LogP contribution in [0.25, 0.3) is 22.2 Å². The smallest absolute Gasteiger partial charge is 0.256 e. The molecule has 5 heteroatoms. The van der Waals surface area contributed by atoms with Crippen LogP contribution >= 0.6 is 23.2 Å². The molecule has 0 radical (unpaired) electrons. The van der Waals surface area contributed by atoms with E-state index in [0.717, 1.165) is 34.1 Å². The molecule has 29 heavy (non-hydrogen) atoms. The van der Waals surface area contributed by atoms with Crippen molar-refractivity contribution in [3.63, 3.8) is 0 Å². The summed E-state index contributed by atoms with van der Waals surface area (Å²) in [7, 11) is 0. The molecule has 0 fully saturated rings. The molecule has 1 N–H and O–H groups in total. The summed E-state index contributed by atoms with van der Waals surface area (Å²) >= 11 is 12.4. The summed E-state index contributed by atoms with van der Waals surface area (Å²) < 4.78 is 0. The van der Waals surface area contributed by atoms with E-state index in [1.807, 2.05) is 54.6 Å². The minimum absolute atomic E-state index is 0.184. The summed E-state index contributed by atoms with van der Waals surface area (Å²) in [6, 6.07) is 22.4. The van der Waals surface area contributed by atoms with Crippen molar-refractivity contribution in [2.24, 2.45) is 0 Å². The van der Waals surface area contributed by atoms with E-state index < -0.39 is 0 Å². The molecular weight excluding hydrogens is 403 g/mol. The number of hydrogen-bond acceptors (Lipinski definition) is 2. The van der Waals surface area contributed by atoms with E-state index in [1.54, 1.807) is 18.2 Å². The normalized spacial score (nSPS) is 10.9. The molecule has 3 nitrogen and oxygen atoms in total. The Balaban J connectivity index is 1.83. The van der Waals surface area contributed by atoms with Gasteiger partial charge in [0.05, 0.1) is 21.8 Å². The van der Waals surface area contributed by atoms with Gasteiger partial charge in [0.15, 0.2) is 0 Å². The number of carbonyl (C=O) groups excluding carboxylic acids is 1. The van der Waals surface area contributed by atoms with Gasteiger partial charge >= 0.3 is 0 Å². The minimum atomic E-state index is -0.184. The van der Waals surface area contributed by atoms with Crippen LogP contribution in [-0.2, 0) is 6.42 Å². The molecule has 1 aromatic heterocycles. The lowest BCUT2D eigenvalue weighted by Crippen LogP contribution is -2.14. The Morgan fingerprint density at radius 2 is 1.72 bits per heavy atom. The molecule has 0 saturated heterocycles. The number of pyridine rings is 1. The molecule has 4 rings (SSSR count). The Bertz CT molecular complexity index is 1220. The monoisotopic (exact) mass is 420 g/mol. The zero-order valence-corrected chi connectivity index (χ0v) is 17.3. The maximum absolute atomic E-state index is 13.2. The minimum Gasteiger partial charge on any atom is -0.322 e. The number of halogens is 2. The van der Waals surface area contributed by atoms with Gasteiger partial charge < -0.3 is 5.32 Å². The fourth-order valence-electron chi connectivity index (χ4n) is 3.34. The molecule has 1 heterocycles. The van der Waals surface area contributed by atoms with Gasteiger partial charge in [0, 0.05) is 21.7 Å². The Kier molecular flexibility index (Phi) is 5.52. The largest absolute Gasteiger partial charge is 0.322 e. The van der Waals surface area contributed by atoms with Crippen LogP contribution in [0, 0.1) is 0 Å². The highest BCUT2D eigenvalue weighted by Gasteiger charge is 2.16. The van der Waals surface area contributed by atoms with Crippen LogP contribution in [-0.4, -0.2) is 10.9 Å². The van der Waals surface area contributed by atoms with Gasteiger partial charge in [-0.2, -0.15) is 0 Å². The van der Waals surface area contributed by atoms with Crippen molar-refractivity contribution in [2.75, 3.05) is 5.32 Å². The third-order valence-electron chi connectivity index (χ3n) is 4.81. The maximum Gasteiger partial charge on any atom is 0.256 e. The third kappa shape index (κ3) is 3.98. The molecule has 0 atom stereocenters. The van der Waals surface area contributed by atoms with Crippen LogP contribution in [0.1, 0.15) is 22.8 Å². The van der Waals surface area contributed by atoms with Crippen LogP contribution in [0.2, 0.25) is 10.0 Å². The molecule has 0 aliphatic carbocycles. The van der Waals surface area contributed by atoms with Crippen molar-refractivity contribution in [3.05, 3.63) is 94.0 Å². The lowest BCUT2D eigenvalue weighted by atomic mass is 10.0. The van der Waals surface area contributed by atoms with Crippen molar-refractivity contribution in [1.82, 2.24) is 4.98 Å². The average molecular weight is 421 g/mol. The summed E-state index contributed by atoms with van der Waals surface area (Å²) in [5.41, 5.74) is 4.52. The second-order valence-electron chi connectivity index (χ2n) is 6.66. The molecule has 0 bridgehead atoms. The number of para-hydroxylation sites is 2. The lowest BCUT2D eigenvalue weighted by molar-refractivity contribution is 0.102. The predicted molar refractivity (Wildman–Crippen MR) is 121 cm³/mol. The van der Waals surface area contributed by atoms with Gasteiger partial charge in [0.1, 0.15) is 0 Å². The number of carbonyl (C=O) groups is 1. The molecule has 0 spiro atoms. The van der Waals surface area contributed by atoms with Crippen molar-refractivity contribution >= 4 is 45.7 Å². The van der Waals surface area contributed by atoms with E-state index in [9.17, 15) is 4.79 Å². The van der Waals surface area contributed by atoms with E-state index in [0.29, 0.717) is 21.3 Å². The van der Waals surface area contributed by atoms with Crippen molar-refractivity contribution < 1.29 is 4.79 Å². The zero-order chi connectivity index (χ0) is 20.4. The first-order valence-electron chi connectivity index (χ1n) is 9.31. The SMILES string of the molecule is CCc1ccccc1NC(=O)c1cc(-c2ccc(Cl)cc2Cl)nc2ccccc12. The van der Waals surface area contributed by atoms with E-state index in [-0.39, 0.29) is 5.91 Å².